The van der Waals surface area contributed by atoms with Crippen molar-refractivity contribution in [2.24, 2.45) is 0 Å². The van der Waals surface area contributed by atoms with Crippen molar-refractivity contribution in [3.05, 3.63) is 0 Å². The summed E-state index contributed by atoms with van der Waals surface area (Å²) in [7, 11) is 0. The largest absolute Gasteiger partial charge is 0.391 e. The van der Waals surface area contributed by atoms with Crippen LogP contribution in [0, 0.1) is 11.8 Å². The lowest BCUT2D eigenvalue weighted by atomic mass is 10.2. The van der Waals surface area contributed by atoms with Crippen molar-refractivity contribution in [1.82, 2.24) is 0 Å². The van der Waals surface area contributed by atoms with Gasteiger partial charge in [-0.1, -0.05) is 0 Å². The van der Waals surface area contributed by atoms with Gasteiger partial charge in [-0.05, 0) is 20.8 Å². The third-order valence-corrected chi connectivity index (χ3v) is 0. The average molecular weight is 101 g/mol. The normalized spacial score (nSPS) is 8.86. The number of nitriles is 1. The average Bonchev–Trinajstić information content (AvgIpc) is 1.36. The summed E-state index contributed by atoms with van der Waals surface area (Å²) in [5.41, 5.74) is -0.500. The van der Waals surface area contributed by atoms with Gasteiger partial charge in [0.1, 0.15) is 0 Å². The van der Waals surface area contributed by atoms with Gasteiger partial charge in [-0.15, -0.1) is 0 Å². The van der Waals surface area contributed by atoms with Crippen LogP contribution in [-0.4, -0.2) is 10.7 Å². The van der Waals surface area contributed by atoms with Crippen molar-refractivity contribution >= 4 is 0 Å². The van der Waals surface area contributed by atoms with Crippen LogP contribution in [0.5, 0.6) is 0 Å². The molecule has 2 heteroatoms. The molecule has 0 heterocycles. The Bertz CT molecular complexity index is 44.8. The summed E-state index contributed by atoms with van der Waals surface area (Å²) < 4.78 is 0. The molecule has 42 valence electrons. The van der Waals surface area contributed by atoms with Gasteiger partial charge >= 0.3 is 0 Å². The highest BCUT2D eigenvalue weighted by Crippen LogP contribution is 1.93. The Hall–Kier alpha value is -0.550. The summed E-state index contributed by atoms with van der Waals surface area (Å²) in [5.74, 6) is 0. The first-order valence-electron chi connectivity index (χ1n) is 1.98. The van der Waals surface area contributed by atoms with Gasteiger partial charge in [-0.2, -0.15) is 0 Å². The first-order valence-corrected chi connectivity index (χ1v) is 1.98. The molecule has 0 atom stereocenters. The summed E-state index contributed by atoms with van der Waals surface area (Å²) in [4.78, 5) is 0. The van der Waals surface area contributed by atoms with E-state index < -0.39 is 5.60 Å². The van der Waals surface area contributed by atoms with Crippen LogP contribution in [0.25, 0.3) is 0 Å². The maximum absolute atomic E-state index is 8.52. The Balaban J connectivity index is 0. The second-order valence-corrected chi connectivity index (χ2v) is 2.17. The Kier molecular flexibility index (Phi) is 5.02. The van der Waals surface area contributed by atoms with E-state index in [-0.39, 0.29) is 0 Å². The molecule has 0 aromatic rings. The predicted molar refractivity (Wildman–Crippen MR) is 28.6 cm³/mol. The molecule has 0 amide bonds. The molecule has 0 radical (unpaired) electrons. The fraction of sp³-hybridized carbons (Fsp3) is 0.800. The van der Waals surface area contributed by atoms with Crippen LogP contribution in [0.3, 0.4) is 0 Å². The molecule has 0 unspecified atom stereocenters. The molecule has 0 aromatic heterocycles. The molecule has 2 nitrogen and oxygen atoms in total. The summed E-state index contributed by atoms with van der Waals surface area (Å²) in [6.45, 7) is 8.73. The van der Waals surface area contributed by atoms with Gasteiger partial charge in [-0.25, -0.2) is 5.26 Å². The third-order valence-electron chi connectivity index (χ3n) is 0. The number of hydrogen-bond donors (Lipinski definition) is 1. The Morgan fingerprint density at radius 3 is 1.29 bits per heavy atom. The van der Waals surface area contributed by atoms with E-state index >= 15 is 0 Å². The van der Waals surface area contributed by atoms with E-state index in [1.165, 1.54) is 0 Å². The van der Waals surface area contributed by atoms with E-state index in [1.54, 1.807) is 20.8 Å². The summed E-state index contributed by atoms with van der Waals surface area (Å²) in [6.07, 6.45) is 0. The maximum atomic E-state index is 8.52. The highest BCUT2D eigenvalue weighted by molar-refractivity contribution is 4.50. The minimum Gasteiger partial charge on any atom is -0.391 e. The lowest BCUT2D eigenvalue weighted by molar-refractivity contribution is 0.102. The van der Waals surface area contributed by atoms with Crippen LogP contribution in [0.15, 0.2) is 0 Å². The number of hydrogen-bond acceptors (Lipinski definition) is 2. The molecule has 7 heavy (non-hydrogen) atoms. The van der Waals surface area contributed by atoms with E-state index in [2.05, 4.69) is 6.57 Å². The van der Waals surface area contributed by atoms with Crippen molar-refractivity contribution in [1.29, 1.82) is 5.26 Å². The second kappa shape index (κ2) is 3.63. The smallest absolute Gasteiger partial charge is 0.0563 e. The van der Waals surface area contributed by atoms with Gasteiger partial charge in [0.2, 0.25) is 0 Å². The summed E-state index contributed by atoms with van der Waals surface area (Å²) >= 11 is 0. The molecule has 0 fully saturated rings. The van der Waals surface area contributed by atoms with Crippen LogP contribution >= 0.6 is 0 Å². The molecule has 0 rings (SSSR count). The van der Waals surface area contributed by atoms with Gasteiger partial charge in [0.15, 0.2) is 0 Å². The van der Waals surface area contributed by atoms with E-state index in [9.17, 15) is 0 Å². The van der Waals surface area contributed by atoms with Crippen LogP contribution in [0.2, 0.25) is 0 Å². The predicted octanol–water partition coefficient (Wildman–Crippen LogP) is 0.917. The SMILES string of the molecule is C#N.CC(C)(C)O. The highest BCUT2D eigenvalue weighted by Gasteiger charge is 1.97. The quantitative estimate of drug-likeness (QED) is 0.493. The Labute approximate surface area is 44.4 Å². The van der Waals surface area contributed by atoms with Gasteiger partial charge in [-0.3, -0.25) is 0 Å². The number of aliphatic hydroxyl groups is 1. The fourth-order valence-corrected chi connectivity index (χ4v) is 0. The zero-order chi connectivity index (χ0) is 6.50. The molecule has 0 aliphatic heterocycles. The summed E-state index contributed by atoms with van der Waals surface area (Å²) in [5, 5.41) is 15.0. The van der Waals surface area contributed by atoms with E-state index in [0.717, 1.165) is 0 Å². The van der Waals surface area contributed by atoms with Crippen molar-refractivity contribution in [3.63, 3.8) is 0 Å². The van der Waals surface area contributed by atoms with Crippen molar-refractivity contribution in [2.75, 3.05) is 0 Å². The first kappa shape index (κ1) is 9.67. The molecule has 0 saturated carbocycles. The maximum Gasteiger partial charge on any atom is 0.0563 e. The number of nitrogens with zero attached hydrogens (tertiary/aromatic N) is 1. The summed E-state index contributed by atoms with van der Waals surface area (Å²) in [6, 6.07) is 0. The fourth-order valence-electron chi connectivity index (χ4n) is 0. The van der Waals surface area contributed by atoms with Gasteiger partial charge in [0.25, 0.3) is 0 Å². The minimum atomic E-state index is -0.500. The first-order chi connectivity index (χ1) is 3.00. The van der Waals surface area contributed by atoms with E-state index in [4.69, 9.17) is 10.4 Å². The van der Waals surface area contributed by atoms with Crippen LogP contribution in [-0.2, 0) is 0 Å². The second-order valence-electron chi connectivity index (χ2n) is 2.17. The zero-order valence-electron chi connectivity index (χ0n) is 4.97. The molecule has 0 aliphatic carbocycles. The van der Waals surface area contributed by atoms with Crippen LogP contribution in [0.1, 0.15) is 20.8 Å². The number of rotatable bonds is 0. The molecular weight excluding hydrogens is 90.1 g/mol. The molecule has 0 aromatic carbocycles. The molecule has 0 bridgehead atoms. The molecule has 0 saturated heterocycles. The molecule has 0 spiro atoms. The third kappa shape index (κ3) is 214. The Morgan fingerprint density at radius 1 is 1.29 bits per heavy atom. The minimum absolute atomic E-state index is 0.500. The standard InChI is InChI=1S/C4H10O.CHN/c1-4(2,3)5;1-2/h5H,1-3H3;1H. The van der Waals surface area contributed by atoms with E-state index in [0.29, 0.717) is 0 Å². The van der Waals surface area contributed by atoms with E-state index in [1.807, 2.05) is 0 Å². The van der Waals surface area contributed by atoms with Gasteiger partial charge in [0, 0.05) is 6.57 Å². The topological polar surface area (TPSA) is 44.0 Å². The van der Waals surface area contributed by atoms with Crippen molar-refractivity contribution in [3.8, 4) is 6.57 Å². The molecule has 0 aliphatic rings. The zero-order valence-corrected chi connectivity index (χ0v) is 4.97. The van der Waals surface area contributed by atoms with Gasteiger partial charge in [0.05, 0.1) is 5.60 Å². The van der Waals surface area contributed by atoms with Crippen molar-refractivity contribution < 1.29 is 5.11 Å². The molecular formula is C5H11NO. The monoisotopic (exact) mass is 101 g/mol. The Morgan fingerprint density at radius 2 is 1.29 bits per heavy atom. The van der Waals surface area contributed by atoms with Crippen LogP contribution in [0.4, 0.5) is 0 Å². The van der Waals surface area contributed by atoms with Gasteiger partial charge < -0.3 is 5.11 Å². The van der Waals surface area contributed by atoms with Crippen LogP contribution < -0.4 is 0 Å². The molecule has 1 N–H and O–H groups in total. The highest BCUT2D eigenvalue weighted by atomic mass is 16.3. The lowest BCUT2D eigenvalue weighted by Crippen LogP contribution is -2.10. The van der Waals surface area contributed by atoms with Crippen molar-refractivity contribution in [2.45, 2.75) is 26.4 Å². The lowest BCUT2D eigenvalue weighted by Gasteiger charge is -2.04.